The van der Waals surface area contributed by atoms with E-state index in [4.69, 9.17) is 4.74 Å². The fourth-order valence-electron chi connectivity index (χ4n) is 2.36. The normalized spacial score (nSPS) is 12.6. The highest BCUT2D eigenvalue weighted by atomic mass is 16.5. The van der Waals surface area contributed by atoms with Gasteiger partial charge in [-0.3, -0.25) is 0 Å². The fraction of sp³-hybridized carbons (Fsp3) is 0.647. The van der Waals surface area contributed by atoms with E-state index >= 15 is 0 Å². The van der Waals surface area contributed by atoms with Gasteiger partial charge in [-0.2, -0.15) is 0 Å². The highest BCUT2D eigenvalue weighted by Crippen LogP contribution is 2.15. The van der Waals surface area contributed by atoms with Crippen molar-refractivity contribution >= 4 is 0 Å². The second-order valence-corrected chi connectivity index (χ2v) is 5.35. The minimum absolute atomic E-state index is 0.736. The fourth-order valence-corrected chi connectivity index (χ4v) is 2.36. The molecular formula is C17H29NO. The van der Waals surface area contributed by atoms with Gasteiger partial charge in [0.15, 0.2) is 0 Å². The van der Waals surface area contributed by atoms with E-state index in [1.807, 2.05) is 0 Å². The van der Waals surface area contributed by atoms with Crippen molar-refractivity contribution < 1.29 is 4.74 Å². The lowest BCUT2D eigenvalue weighted by Crippen LogP contribution is -2.24. The summed E-state index contributed by atoms with van der Waals surface area (Å²) >= 11 is 0. The van der Waals surface area contributed by atoms with Crippen LogP contribution < -0.4 is 5.32 Å². The van der Waals surface area contributed by atoms with Crippen LogP contribution >= 0.6 is 0 Å². The largest absolute Gasteiger partial charge is 0.385 e. The molecule has 1 unspecified atom stereocenters. The Labute approximate surface area is 118 Å². The molecule has 0 aliphatic carbocycles. The summed E-state index contributed by atoms with van der Waals surface area (Å²) in [5, 5.41) is 3.49. The summed E-state index contributed by atoms with van der Waals surface area (Å²) < 4.78 is 5.12. The molecule has 1 aromatic rings. The molecule has 2 heteroatoms. The Kier molecular flexibility index (Phi) is 8.52. The standard InChI is InChI=1S/C17H29NO/c1-4-18-14-17(7-5-6-12-19-3)13-16-10-8-15(2)9-11-16/h8-11,17-18H,4-7,12-14H2,1-3H3. The number of nitrogens with one attached hydrogen (secondary N) is 1. The lowest BCUT2D eigenvalue weighted by atomic mass is 9.93. The zero-order chi connectivity index (χ0) is 13.9. The highest BCUT2D eigenvalue weighted by molar-refractivity contribution is 5.21. The molecule has 1 aromatic carbocycles. The molecular weight excluding hydrogens is 234 g/mol. The van der Waals surface area contributed by atoms with Crippen molar-refractivity contribution in [3.05, 3.63) is 35.4 Å². The van der Waals surface area contributed by atoms with Crippen LogP contribution in [0, 0.1) is 12.8 Å². The molecule has 1 N–H and O–H groups in total. The van der Waals surface area contributed by atoms with Crippen molar-refractivity contribution in [3.63, 3.8) is 0 Å². The molecule has 19 heavy (non-hydrogen) atoms. The van der Waals surface area contributed by atoms with Crippen LogP contribution in [-0.4, -0.2) is 26.8 Å². The summed E-state index contributed by atoms with van der Waals surface area (Å²) in [6.45, 7) is 7.39. The second-order valence-electron chi connectivity index (χ2n) is 5.35. The maximum atomic E-state index is 5.12. The maximum Gasteiger partial charge on any atom is 0.0462 e. The van der Waals surface area contributed by atoms with Crippen LogP contribution in [-0.2, 0) is 11.2 Å². The number of benzene rings is 1. The molecule has 0 aliphatic rings. The van der Waals surface area contributed by atoms with Crippen molar-refractivity contribution in [2.24, 2.45) is 5.92 Å². The molecule has 0 aromatic heterocycles. The summed E-state index contributed by atoms with van der Waals surface area (Å²) in [7, 11) is 1.78. The SMILES string of the molecule is CCNCC(CCCCOC)Cc1ccc(C)cc1. The highest BCUT2D eigenvalue weighted by Gasteiger charge is 2.09. The summed E-state index contributed by atoms with van der Waals surface area (Å²) in [5.41, 5.74) is 2.80. The van der Waals surface area contributed by atoms with E-state index in [2.05, 4.69) is 43.4 Å². The lowest BCUT2D eigenvalue weighted by molar-refractivity contribution is 0.190. The van der Waals surface area contributed by atoms with Crippen molar-refractivity contribution in [3.8, 4) is 0 Å². The summed E-state index contributed by atoms with van der Waals surface area (Å²) in [4.78, 5) is 0. The molecule has 1 atom stereocenters. The van der Waals surface area contributed by atoms with Gasteiger partial charge in [-0.1, -0.05) is 43.2 Å². The van der Waals surface area contributed by atoms with Gasteiger partial charge >= 0.3 is 0 Å². The monoisotopic (exact) mass is 263 g/mol. The number of aryl methyl sites for hydroxylation is 1. The minimum atomic E-state index is 0.736. The van der Waals surface area contributed by atoms with E-state index in [1.165, 1.54) is 36.8 Å². The Morgan fingerprint density at radius 3 is 2.53 bits per heavy atom. The summed E-state index contributed by atoms with van der Waals surface area (Å²) in [6, 6.07) is 8.96. The second kappa shape index (κ2) is 9.99. The molecule has 1 rings (SSSR count). The molecule has 0 fully saturated rings. The Hall–Kier alpha value is -0.860. The van der Waals surface area contributed by atoms with Gasteiger partial charge in [-0.05, 0) is 50.8 Å². The predicted molar refractivity (Wildman–Crippen MR) is 82.6 cm³/mol. The smallest absolute Gasteiger partial charge is 0.0462 e. The van der Waals surface area contributed by atoms with Gasteiger partial charge in [-0.15, -0.1) is 0 Å². The van der Waals surface area contributed by atoms with Crippen LogP contribution in [0.4, 0.5) is 0 Å². The first-order chi connectivity index (χ1) is 9.26. The van der Waals surface area contributed by atoms with E-state index in [0.717, 1.165) is 25.6 Å². The van der Waals surface area contributed by atoms with Crippen LogP contribution in [0.1, 0.15) is 37.3 Å². The van der Waals surface area contributed by atoms with Crippen molar-refractivity contribution in [2.75, 3.05) is 26.8 Å². The molecule has 0 heterocycles. The minimum Gasteiger partial charge on any atom is -0.385 e. The Morgan fingerprint density at radius 1 is 1.16 bits per heavy atom. The Morgan fingerprint density at radius 2 is 1.89 bits per heavy atom. The molecule has 0 spiro atoms. The number of hydrogen-bond acceptors (Lipinski definition) is 2. The average Bonchev–Trinajstić information content (AvgIpc) is 2.43. The molecule has 0 saturated carbocycles. The molecule has 0 amide bonds. The summed E-state index contributed by atoms with van der Waals surface area (Å²) in [5.74, 6) is 0.736. The molecule has 2 nitrogen and oxygen atoms in total. The number of rotatable bonds is 10. The van der Waals surface area contributed by atoms with E-state index < -0.39 is 0 Å². The van der Waals surface area contributed by atoms with Crippen molar-refractivity contribution in [1.29, 1.82) is 0 Å². The van der Waals surface area contributed by atoms with Gasteiger partial charge < -0.3 is 10.1 Å². The van der Waals surface area contributed by atoms with Crippen LogP contribution in [0.25, 0.3) is 0 Å². The van der Waals surface area contributed by atoms with Crippen LogP contribution in [0.2, 0.25) is 0 Å². The van der Waals surface area contributed by atoms with Crippen LogP contribution in [0.15, 0.2) is 24.3 Å². The third-order valence-electron chi connectivity index (χ3n) is 3.54. The third-order valence-corrected chi connectivity index (χ3v) is 3.54. The number of hydrogen-bond donors (Lipinski definition) is 1. The number of unbranched alkanes of at least 4 members (excludes halogenated alkanes) is 1. The molecule has 0 aliphatic heterocycles. The molecule has 0 saturated heterocycles. The Bertz CT molecular complexity index is 321. The molecule has 0 bridgehead atoms. The topological polar surface area (TPSA) is 21.3 Å². The zero-order valence-corrected chi connectivity index (χ0v) is 12.7. The predicted octanol–water partition coefficient (Wildman–Crippen LogP) is 3.58. The maximum absolute atomic E-state index is 5.12. The van der Waals surface area contributed by atoms with Gasteiger partial charge in [0.25, 0.3) is 0 Å². The van der Waals surface area contributed by atoms with E-state index in [1.54, 1.807) is 7.11 Å². The van der Waals surface area contributed by atoms with Crippen molar-refractivity contribution in [2.45, 2.75) is 39.5 Å². The van der Waals surface area contributed by atoms with E-state index in [-0.39, 0.29) is 0 Å². The first-order valence-corrected chi connectivity index (χ1v) is 7.51. The van der Waals surface area contributed by atoms with Crippen LogP contribution in [0.5, 0.6) is 0 Å². The quantitative estimate of drug-likeness (QED) is 0.651. The van der Waals surface area contributed by atoms with Gasteiger partial charge in [0.2, 0.25) is 0 Å². The first kappa shape index (κ1) is 16.2. The first-order valence-electron chi connectivity index (χ1n) is 7.51. The number of ether oxygens (including phenoxy) is 1. The van der Waals surface area contributed by atoms with Crippen LogP contribution in [0.3, 0.4) is 0 Å². The zero-order valence-electron chi connectivity index (χ0n) is 12.7. The van der Waals surface area contributed by atoms with Gasteiger partial charge in [-0.25, -0.2) is 0 Å². The Balaban J connectivity index is 2.41. The van der Waals surface area contributed by atoms with Gasteiger partial charge in [0.1, 0.15) is 0 Å². The number of methoxy groups -OCH3 is 1. The van der Waals surface area contributed by atoms with Gasteiger partial charge in [0, 0.05) is 13.7 Å². The van der Waals surface area contributed by atoms with Crippen molar-refractivity contribution in [1.82, 2.24) is 5.32 Å². The van der Waals surface area contributed by atoms with E-state index in [9.17, 15) is 0 Å². The average molecular weight is 263 g/mol. The third kappa shape index (κ3) is 7.34. The van der Waals surface area contributed by atoms with Gasteiger partial charge in [0.05, 0.1) is 0 Å². The lowest BCUT2D eigenvalue weighted by Gasteiger charge is -2.17. The molecule has 0 radical (unpaired) electrons. The van der Waals surface area contributed by atoms with E-state index in [0.29, 0.717) is 0 Å². The molecule has 108 valence electrons. The summed E-state index contributed by atoms with van der Waals surface area (Å²) in [6.07, 6.45) is 4.90.